The summed E-state index contributed by atoms with van der Waals surface area (Å²) in [5.41, 5.74) is 1.12. The monoisotopic (exact) mass is 219 g/mol. The molecule has 0 heterocycles. The first-order chi connectivity index (χ1) is 7.77. The molecule has 16 heavy (non-hydrogen) atoms. The summed E-state index contributed by atoms with van der Waals surface area (Å²) in [6, 6.07) is 14.1. The van der Waals surface area contributed by atoms with Crippen molar-refractivity contribution < 1.29 is 15.3 Å². The maximum Gasteiger partial charge on any atom is 0.0776 e. The molecule has 2 aromatic carbocycles. The van der Waals surface area contributed by atoms with Crippen molar-refractivity contribution in [2.75, 3.05) is 6.61 Å². The lowest BCUT2D eigenvalue weighted by Crippen LogP contribution is -2.16. The quantitative estimate of drug-likeness (QED) is 0.775. The van der Waals surface area contributed by atoms with Crippen molar-refractivity contribution in [2.24, 2.45) is 0 Å². The topological polar surface area (TPSA) is 52.9 Å². The lowest BCUT2D eigenvalue weighted by Gasteiger charge is -2.08. The highest BCUT2D eigenvalue weighted by Gasteiger charge is 2.01. The van der Waals surface area contributed by atoms with Crippen LogP contribution in [0.5, 0.6) is 0 Å². The van der Waals surface area contributed by atoms with E-state index in [0.717, 1.165) is 10.9 Å². The Morgan fingerprint density at radius 2 is 1.75 bits per heavy atom. The summed E-state index contributed by atoms with van der Waals surface area (Å²) in [5, 5.41) is 18.9. The van der Waals surface area contributed by atoms with Crippen LogP contribution in [-0.4, -0.2) is 22.4 Å². The number of hydrogen-bond donors (Lipinski definition) is 2. The Morgan fingerprint density at radius 3 is 2.56 bits per heavy atom. The van der Waals surface area contributed by atoms with Crippen molar-refractivity contribution in [1.29, 1.82) is 0 Å². The van der Waals surface area contributed by atoms with Gasteiger partial charge in [-0.2, -0.15) is 0 Å². The lowest BCUT2D eigenvalue weighted by atomic mass is 10.0. The summed E-state index contributed by atoms with van der Waals surface area (Å²) in [6.07, 6.45) is 0.624. The average molecular weight is 219 g/mol. The third-order valence-electron chi connectivity index (χ3n) is 2.46. The molecule has 4 heteroatoms. The van der Waals surface area contributed by atoms with Gasteiger partial charge in [-0.15, -0.1) is 0 Å². The van der Waals surface area contributed by atoms with Crippen LogP contribution in [0.25, 0.3) is 10.8 Å². The van der Waals surface area contributed by atoms with E-state index in [4.69, 9.17) is 10.4 Å². The molecule has 2 aromatic rings. The van der Waals surface area contributed by atoms with Crippen LogP contribution in [-0.2, 0) is 11.3 Å². The Balaban J connectivity index is 2.17. The molecule has 0 saturated heterocycles. The highest BCUT2D eigenvalue weighted by molar-refractivity contribution is 5.85. The molecule has 0 aliphatic carbocycles. The lowest BCUT2D eigenvalue weighted by molar-refractivity contribution is -0.492. The van der Waals surface area contributed by atoms with Gasteiger partial charge in [-0.1, -0.05) is 42.5 Å². The van der Waals surface area contributed by atoms with E-state index in [1.165, 1.54) is 5.39 Å². The van der Waals surface area contributed by atoms with Gasteiger partial charge in [0.1, 0.15) is 0 Å². The highest BCUT2D eigenvalue weighted by Crippen LogP contribution is 2.18. The van der Waals surface area contributed by atoms with Crippen LogP contribution in [0.15, 0.2) is 42.5 Å². The number of hydrogen-bond acceptors (Lipinski definition) is 4. The minimum atomic E-state index is -0.259. The summed E-state index contributed by atoms with van der Waals surface area (Å²) in [5.74, 6) is 0. The zero-order valence-corrected chi connectivity index (χ0v) is 8.71. The third kappa shape index (κ3) is 2.56. The summed E-state index contributed by atoms with van der Waals surface area (Å²) in [6.45, 7) is 0.223. The molecule has 2 rings (SSSR count). The van der Waals surface area contributed by atoms with Gasteiger partial charge < -0.3 is 0 Å². The van der Waals surface area contributed by atoms with Crippen molar-refractivity contribution in [3.63, 3.8) is 0 Å². The third-order valence-corrected chi connectivity index (χ3v) is 2.46. The van der Waals surface area contributed by atoms with Gasteiger partial charge in [0.2, 0.25) is 0 Å². The van der Waals surface area contributed by atoms with Crippen LogP contribution < -0.4 is 0 Å². The molecule has 0 bridgehead atoms. The molecular weight excluding hydrogens is 206 g/mol. The Labute approximate surface area is 93.2 Å². The van der Waals surface area contributed by atoms with Crippen molar-refractivity contribution in [1.82, 2.24) is 5.39 Å². The minimum absolute atomic E-state index is 0.223. The average Bonchev–Trinajstić information content (AvgIpc) is 2.29. The van der Waals surface area contributed by atoms with Gasteiger partial charge in [0, 0.05) is 0 Å². The molecule has 0 aliphatic heterocycles. The van der Waals surface area contributed by atoms with Crippen molar-refractivity contribution >= 4 is 10.8 Å². The standard InChI is InChI=1S/C12H13NO3/c14-13(15)16-9-8-11-6-3-5-10-4-1-2-7-12(10)11/h1-7,14-15H,8-9H2. The van der Waals surface area contributed by atoms with Crippen LogP contribution in [0.2, 0.25) is 0 Å². The molecule has 0 radical (unpaired) electrons. The molecular formula is C12H13NO3. The second-order valence-corrected chi connectivity index (χ2v) is 3.47. The first-order valence-corrected chi connectivity index (χ1v) is 5.05. The van der Waals surface area contributed by atoms with Crippen molar-refractivity contribution in [3.05, 3.63) is 48.0 Å². The molecule has 0 aromatic heterocycles. The predicted molar refractivity (Wildman–Crippen MR) is 59.0 cm³/mol. The van der Waals surface area contributed by atoms with Gasteiger partial charge in [-0.05, 0) is 22.8 Å². The van der Waals surface area contributed by atoms with Gasteiger partial charge >= 0.3 is 0 Å². The first kappa shape index (κ1) is 11.0. The van der Waals surface area contributed by atoms with Gasteiger partial charge in [-0.25, -0.2) is 0 Å². The van der Waals surface area contributed by atoms with Gasteiger partial charge in [0.05, 0.1) is 12.0 Å². The van der Waals surface area contributed by atoms with E-state index in [1.54, 1.807) is 0 Å². The van der Waals surface area contributed by atoms with Gasteiger partial charge in [0.15, 0.2) is 0 Å². The molecule has 84 valence electrons. The predicted octanol–water partition coefficient (Wildman–Crippen LogP) is 2.39. The molecule has 0 saturated carbocycles. The van der Waals surface area contributed by atoms with Crippen LogP contribution in [0, 0.1) is 0 Å². The Hall–Kier alpha value is -1.46. The number of fused-ring (bicyclic) bond motifs is 1. The highest BCUT2D eigenvalue weighted by atomic mass is 17.1. The summed E-state index contributed by atoms with van der Waals surface area (Å²) in [4.78, 5) is 4.54. The molecule has 2 N–H and O–H groups in total. The van der Waals surface area contributed by atoms with Gasteiger partial charge in [0.25, 0.3) is 0 Å². The number of nitrogens with zero attached hydrogens (tertiary/aromatic N) is 1. The number of benzene rings is 2. The fraction of sp³-hybridized carbons (Fsp3) is 0.167. The van der Waals surface area contributed by atoms with E-state index < -0.39 is 0 Å². The van der Waals surface area contributed by atoms with E-state index in [1.807, 2.05) is 42.5 Å². The normalized spacial score (nSPS) is 11.2. The largest absolute Gasteiger partial charge is 0.266 e. The fourth-order valence-corrected chi connectivity index (χ4v) is 1.75. The summed E-state index contributed by atoms with van der Waals surface area (Å²) in [7, 11) is 0. The molecule has 0 fully saturated rings. The smallest absolute Gasteiger partial charge is 0.0776 e. The Kier molecular flexibility index (Phi) is 3.48. The molecule has 4 nitrogen and oxygen atoms in total. The summed E-state index contributed by atoms with van der Waals surface area (Å²) >= 11 is 0. The summed E-state index contributed by atoms with van der Waals surface area (Å²) < 4.78 is 0. The zero-order chi connectivity index (χ0) is 11.4. The van der Waals surface area contributed by atoms with E-state index >= 15 is 0 Å². The van der Waals surface area contributed by atoms with E-state index in [2.05, 4.69) is 4.84 Å². The zero-order valence-electron chi connectivity index (χ0n) is 8.71. The fourth-order valence-electron chi connectivity index (χ4n) is 1.75. The Bertz CT molecular complexity index is 465. The van der Waals surface area contributed by atoms with Gasteiger partial charge in [-0.3, -0.25) is 15.3 Å². The second kappa shape index (κ2) is 5.05. The van der Waals surface area contributed by atoms with Crippen molar-refractivity contribution in [3.8, 4) is 0 Å². The maximum atomic E-state index is 8.41. The van der Waals surface area contributed by atoms with E-state index in [0.29, 0.717) is 6.42 Å². The molecule has 0 spiro atoms. The van der Waals surface area contributed by atoms with Crippen LogP contribution in [0.1, 0.15) is 5.56 Å². The van der Waals surface area contributed by atoms with Crippen LogP contribution >= 0.6 is 0 Å². The molecule has 0 unspecified atom stereocenters. The second-order valence-electron chi connectivity index (χ2n) is 3.47. The SMILES string of the molecule is ON(O)OCCc1cccc2ccccc12. The first-order valence-electron chi connectivity index (χ1n) is 5.05. The van der Waals surface area contributed by atoms with E-state index in [9.17, 15) is 0 Å². The molecule has 0 amide bonds. The van der Waals surface area contributed by atoms with Crippen molar-refractivity contribution in [2.45, 2.75) is 6.42 Å². The van der Waals surface area contributed by atoms with Crippen LogP contribution in [0.3, 0.4) is 0 Å². The minimum Gasteiger partial charge on any atom is -0.266 e. The number of rotatable bonds is 4. The molecule has 0 aliphatic rings. The Morgan fingerprint density at radius 1 is 1.00 bits per heavy atom. The molecule has 0 atom stereocenters. The van der Waals surface area contributed by atoms with E-state index in [-0.39, 0.29) is 12.0 Å². The maximum absolute atomic E-state index is 8.41. The van der Waals surface area contributed by atoms with Crippen LogP contribution in [0.4, 0.5) is 0 Å².